The standard InChI is InChI=1S/C20H21IN2O2/c21-14-5-6-17-16(12-14)15(3-1-2-8-22)20(23-17)13-4-7-18-19(11-13)25-10-9-24-18/h4-7,11-12,23H,1-3,8-10,22H2. The maximum absolute atomic E-state index is 5.76. The normalized spacial score (nSPS) is 13.4. The number of hydrogen-bond acceptors (Lipinski definition) is 3. The third-order valence-corrected chi connectivity index (χ3v) is 5.25. The lowest BCUT2D eigenvalue weighted by atomic mass is 10.00. The third kappa shape index (κ3) is 3.35. The molecular formula is C20H21IN2O2. The molecule has 3 N–H and O–H groups in total. The van der Waals surface area contributed by atoms with Crippen LogP contribution in [0.3, 0.4) is 0 Å². The summed E-state index contributed by atoms with van der Waals surface area (Å²) in [6.07, 6.45) is 3.14. The Kier molecular flexibility index (Phi) is 4.85. The fraction of sp³-hybridized carbons (Fsp3) is 0.300. The van der Waals surface area contributed by atoms with Gasteiger partial charge in [-0.3, -0.25) is 0 Å². The van der Waals surface area contributed by atoms with Gasteiger partial charge >= 0.3 is 0 Å². The van der Waals surface area contributed by atoms with E-state index in [1.54, 1.807) is 0 Å². The quantitative estimate of drug-likeness (QED) is 0.447. The fourth-order valence-corrected chi connectivity index (χ4v) is 3.86. The maximum atomic E-state index is 5.76. The van der Waals surface area contributed by atoms with Crippen molar-refractivity contribution in [3.8, 4) is 22.8 Å². The first-order chi connectivity index (χ1) is 12.3. The van der Waals surface area contributed by atoms with Gasteiger partial charge in [0.25, 0.3) is 0 Å². The number of unbranched alkanes of at least 4 members (excludes halogenated alkanes) is 1. The molecule has 0 aliphatic carbocycles. The number of benzene rings is 2. The van der Waals surface area contributed by atoms with Gasteiger partial charge in [-0.1, -0.05) is 0 Å². The number of aromatic amines is 1. The van der Waals surface area contributed by atoms with E-state index in [1.807, 2.05) is 6.07 Å². The number of hydrogen-bond donors (Lipinski definition) is 2. The van der Waals surface area contributed by atoms with Gasteiger partial charge in [-0.15, -0.1) is 0 Å². The van der Waals surface area contributed by atoms with E-state index in [9.17, 15) is 0 Å². The van der Waals surface area contributed by atoms with Crippen LogP contribution in [-0.4, -0.2) is 24.7 Å². The monoisotopic (exact) mass is 448 g/mol. The zero-order valence-electron chi connectivity index (χ0n) is 14.0. The Hall–Kier alpha value is -1.73. The van der Waals surface area contributed by atoms with Crippen molar-refractivity contribution >= 4 is 33.5 Å². The molecule has 0 fully saturated rings. The first kappa shape index (κ1) is 16.7. The van der Waals surface area contributed by atoms with E-state index in [1.165, 1.54) is 25.7 Å². The van der Waals surface area contributed by atoms with Crippen molar-refractivity contribution in [3.05, 3.63) is 45.5 Å². The first-order valence-corrected chi connectivity index (χ1v) is 9.74. The maximum Gasteiger partial charge on any atom is 0.162 e. The zero-order chi connectivity index (χ0) is 17.2. The summed E-state index contributed by atoms with van der Waals surface area (Å²) in [5, 5.41) is 1.30. The molecule has 5 heteroatoms. The smallest absolute Gasteiger partial charge is 0.162 e. The van der Waals surface area contributed by atoms with Crippen molar-refractivity contribution in [1.82, 2.24) is 4.98 Å². The number of ether oxygens (including phenoxy) is 2. The fourth-order valence-electron chi connectivity index (χ4n) is 3.37. The van der Waals surface area contributed by atoms with Gasteiger partial charge in [0, 0.05) is 25.7 Å². The molecule has 0 saturated heterocycles. The van der Waals surface area contributed by atoms with Crippen LogP contribution in [0.25, 0.3) is 22.2 Å². The highest BCUT2D eigenvalue weighted by molar-refractivity contribution is 14.1. The van der Waals surface area contributed by atoms with Crippen LogP contribution in [0, 0.1) is 3.57 Å². The lowest BCUT2D eigenvalue weighted by Crippen LogP contribution is -2.15. The number of fused-ring (bicyclic) bond motifs is 2. The van der Waals surface area contributed by atoms with E-state index in [2.05, 4.69) is 57.9 Å². The van der Waals surface area contributed by atoms with Crippen molar-refractivity contribution in [2.24, 2.45) is 5.73 Å². The van der Waals surface area contributed by atoms with Crippen LogP contribution in [0.2, 0.25) is 0 Å². The minimum atomic E-state index is 0.602. The average molecular weight is 448 g/mol. The van der Waals surface area contributed by atoms with Gasteiger partial charge in [-0.2, -0.15) is 0 Å². The molecule has 0 bridgehead atoms. The molecule has 3 aromatic rings. The molecule has 25 heavy (non-hydrogen) atoms. The molecule has 0 atom stereocenters. The summed E-state index contributed by atoms with van der Waals surface area (Å²) in [6.45, 7) is 1.95. The van der Waals surface area contributed by atoms with Crippen molar-refractivity contribution < 1.29 is 9.47 Å². The summed E-state index contributed by atoms with van der Waals surface area (Å²) in [7, 11) is 0. The van der Waals surface area contributed by atoms with Crippen LogP contribution < -0.4 is 15.2 Å². The second-order valence-corrected chi connectivity index (χ2v) is 7.52. The Morgan fingerprint density at radius 1 is 1.00 bits per heavy atom. The molecule has 0 radical (unpaired) electrons. The molecule has 0 saturated carbocycles. The van der Waals surface area contributed by atoms with Crippen molar-refractivity contribution in [1.29, 1.82) is 0 Å². The van der Waals surface area contributed by atoms with Crippen LogP contribution >= 0.6 is 22.6 Å². The van der Waals surface area contributed by atoms with Crippen LogP contribution in [-0.2, 0) is 6.42 Å². The van der Waals surface area contributed by atoms with Crippen LogP contribution in [0.1, 0.15) is 18.4 Å². The molecule has 0 unspecified atom stereocenters. The molecule has 1 aliphatic heterocycles. The predicted molar refractivity (Wildman–Crippen MR) is 109 cm³/mol. The van der Waals surface area contributed by atoms with Crippen LogP contribution in [0.15, 0.2) is 36.4 Å². The van der Waals surface area contributed by atoms with E-state index in [0.717, 1.165) is 42.9 Å². The molecule has 1 aliphatic rings. The molecule has 4 rings (SSSR count). The number of aromatic nitrogens is 1. The number of aryl methyl sites for hydroxylation is 1. The summed E-state index contributed by atoms with van der Waals surface area (Å²) in [4.78, 5) is 3.61. The number of rotatable bonds is 5. The number of nitrogens with two attached hydrogens (primary N) is 1. The topological polar surface area (TPSA) is 60.3 Å². The van der Waals surface area contributed by atoms with Crippen molar-refractivity contribution in [2.45, 2.75) is 19.3 Å². The summed E-state index contributed by atoms with van der Waals surface area (Å²) < 4.78 is 12.7. The van der Waals surface area contributed by atoms with E-state index in [4.69, 9.17) is 15.2 Å². The summed E-state index contributed by atoms with van der Waals surface area (Å²) in [5.41, 5.74) is 10.5. The van der Waals surface area contributed by atoms with Crippen LogP contribution in [0.4, 0.5) is 0 Å². The SMILES string of the molecule is NCCCCc1c(-c2ccc3c(c2)OCCO3)[nH]c2ccc(I)cc12. The summed E-state index contributed by atoms with van der Waals surface area (Å²) >= 11 is 2.37. The largest absolute Gasteiger partial charge is 0.486 e. The van der Waals surface area contributed by atoms with E-state index < -0.39 is 0 Å². The lowest BCUT2D eigenvalue weighted by Gasteiger charge is -2.19. The molecule has 1 aromatic heterocycles. The van der Waals surface area contributed by atoms with Gasteiger partial charge in [-0.25, -0.2) is 0 Å². The second kappa shape index (κ2) is 7.25. The van der Waals surface area contributed by atoms with Gasteiger partial charge in [0.15, 0.2) is 11.5 Å². The molecular weight excluding hydrogens is 427 g/mol. The molecule has 2 heterocycles. The Balaban J connectivity index is 1.81. The predicted octanol–water partition coefficient (Wildman–Crippen LogP) is 4.49. The molecule has 0 amide bonds. The highest BCUT2D eigenvalue weighted by Gasteiger charge is 2.17. The summed E-state index contributed by atoms with van der Waals surface area (Å²) in [6, 6.07) is 12.7. The minimum absolute atomic E-state index is 0.602. The number of nitrogens with one attached hydrogen (secondary N) is 1. The van der Waals surface area contributed by atoms with E-state index in [-0.39, 0.29) is 0 Å². The Bertz CT molecular complexity index is 904. The lowest BCUT2D eigenvalue weighted by molar-refractivity contribution is 0.171. The van der Waals surface area contributed by atoms with Crippen molar-refractivity contribution in [2.75, 3.05) is 19.8 Å². The van der Waals surface area contributed by atoms with Gasteiger partial charge < -0.3 is 20.2 Å². The van der Waals surface area contributed by atoms with Gasteiger partial charge in [0.2, 0.25) is 0 Å². The Morgan fingerprint density at radius 3 is 2.68 bits per heavy atom. The highest BCUT2D eigenvalue weighted by atomic mass is 127. The molecule has 0 spiro atoms. The van der Waals surface area contributed by atoms with Crippen molar-refractivity contribution in [3.63, 3.8) is 0 Å². The van der Waals surface area contributed by atoms with E-state index >= 15 is 0 Å². The number of H-pyrrole nitrogens is 1. The Morgan fingerprint density at radius 2 is 1.84 bits per heavy atom. The van der Waals surface area contributed by atoms with Crippen LogP contribution in [0.5, 0.6) is 11.5 Å². The zero-order valence-corrected chi connectivity index (χ0v) is 16.1. The molecule has 130 valence electrons. The van der Waals surface area contributed by atoms with Gasteiger partial charge in [0.1, 0.15) is 13.2 Å². The van der Waals surface area contributed by atoms with Gasteiger partial charge in [-0.05, 0) is 90.4 Å². The highest BCUT2D eigenvalue weighted by Crippen LogP contribution is 2.38. The second-order valence-electron chi connectivity index (χ2n) is 6.27. The van der Waals surface area contributed by atoms with Gasteiger partial charge in [0.05, 0.1) is 0 Å². The minimum Gasteiger partial charge on any atom is -0.486 e. The Labute approximate surface area is 160 Å². The first-order valence-electron chi connectivity index (χ1n) is 8.66. The molecule has 2 aromatic carbocycles. The third-order valence-electron chi connectivity index (χ3n) is 4.58. The average Bonchev–Trinajstić information content (AvgIpc) is 2.99. The molecule has 4 nitrogen and oxygen atoms in total. The van der Waals surface area contributed by atoms with E-state index in [0.29, 0.717) is 13.2 Å². The summed E-state index contributed by atoms with van der Waals surface area (Å²) in [5.74, 6) is 1.65. The number of halogens is 1.